The fourth-order valence-electron chi connectivity index (χ4n) is 2.74. The van der Waals surface area contributed by atoms with Gasteiger partial charge < -0.3 is 14.8 Å². The first kappa shape index (κ1) is 19.5. The summed E-state index contributed by atoms with van der Waals surface area (Å²) in [5.74, 6) is 1.44. The van der Waals surface area contributed by atoms with Crippen LogP contribution in [0.2, 0.25) is 0 Å². The Labute approximate surface area is 176 Å². The summed E-state index contributed by atoms with van der Waals surface area (Å²) in [6.45, 7) is 0.679. The van der Waals surface area contributed by atoms with Gasteiger partial charge in [-0.15, -0.1) is 11.3 Å². The monoisotopic (exact) mass is 426 g/mol. The highest BCUT2D eigenvalue weighted by Crippen LogP contribution is 2.33. The highest BCUT2D eigenvalue weighted by Gasteiger charge is 2.17. The van der Waals surface area contributed by atoms with Crippen molar-refractivity contribution >= 4 is 34.8 Å². The average Bonchev–Trinajstić information content (AvgIpc) is 3.40. The summed E-state index contributed by atoms with van der Waals surface area (Å²) in [5.41, 5.74) is 2.34. The molecule has 1 aliphatic rings. The normalized spacial score (nSPS) is 12.0. The number of ether oxygens (including phenoxy) is 2. The molecule has 0 fully saturated rings. The number of hydrogen-bond donors (Lipinski definition) is 1. The number of thiazole rings is 1. The SMILES string of the molecule is O=C(Cc1csc(SCC(=O)c2ccc3c(c2)OCO3)n1)NCc1ccccc1. The molecule has 1 N–H and O–H groups in total. The molecule has 0 aliphatic carbocycles. The van der Waals surface area contributed by atoms with E-state index in [2.05, 4.69) is 10.3 Å². The van der Waals surface area contributed by atoms with Gasteiger partial charge in [0.1, 0.15) is 0 Å². The van der Waals surface area contributed by atoms with Gasteiger partial charge in [-0.3, -0.25) is 9.59 Å². The van der Waals surface area contributed by atoms with Gasteiger partial charge in [-0.1, -0.05) is 42.1 Å². The van der Waals surface area contributed by atoms with E-state index in [9.17, 15) is 9.59 Å². The minimum Gasteiger partial charge on any atom is -0.454 e. The first-order chi connectivity index (χ1) is 14.2. The van der Waals surface area contributed by atoms with E-state index in [0.29, 0.717) is 29.3 Å². The fraction of sp³-hybridized carbons (Fsp3) is 0.190. The Kier molecular flexibility index (Phi) is 6.12. The van der Waals surface area contributed by atoms with Crippen molar-refractivity contribution in [3.63, 3.8) is 0 Å². The van der Waals surface area contributed by atoms with Crippen molar-refractivity contribution in [1.82, 2.24) is 10.3 Å². The van der Waals surface area contributed by atoms with Gasteiger partial charge in [0.15, 0.2) is 21.6 Å². The molecule has 0 spiro atoms. The molecule has 0 unspecified atom stereocenters. The molecule has 148 valence electrons. The molecule has 1 aliphatic heterocycles. The van der Waals surface area contributed by atoms with Crippen molar-refractivity contribution in [3.8, 4) is 11.5 Å². The van der Waals surface area contributed by atoms with Crippen molar-refractivity contribution in [2.24, 2.45) is 0 Å². The van der Waals surface area contributed by atoms with Crippen LogP contribution in [0.15, 0.2) is 58.3 Å². The largest absolute Gasteiger partial charge is 0.454 e. The molecule has 4 rings (SSSR count). The fourth-order valence-corrected chi connectivity index (χ4v) is 4.48. The lowest BCUT2D eigenvalue weighted by Crippen LogP contribution is -2.24. The zero-order valence-corrected chi connectivity index (χ0v) is 17.1. The van der Waals surface area contributed by atoms with Crippen LogP contribution in [0.4, 0.5) is 0 Å². The maximum atomic E-state index is 12.4. The quantitative estimate of drug-likeness (QED) is 0.437. The maximum absolute atomic E-state index is 12.4. The topological polar surface area (TPSA) is 77.5 Å². The lowest BCUT2D eigenvalue weighted by molar-refractivity contribution is -0.120. The van der Waals surface area contributed by atoms with Crippen molar-refractivity contribution in [2.75, 3.05) is 12.5 Å². The van der Waals surface area contributed by atoms with Crippen LogP contribution in [0.1, 0.15) is 21.6 Å². The molecule has 2 aromatic carbocycles. The summed E-state index contributed by atoms with van der Waals surface area (Å²) in [4.78, 5) is 29.0. The number of hydrogen-bond acceptors (Lipinski definition) is 7. The number of amides is 1. The molecule has 8 heteroatoms. The first-order valence-electron chi connectivity index (χ1n) is 8.98. The van der Waals surface area contributed by atoms with Crippen LogP contribution >= 0.6 is 23.1 Å². The van der Waals surface area contributed by atoms with Crippen LogP contribution in [0.3, 0.4) is 0 Å². The Morgan fingerprint density at radius 3 is 2.79 bits per heavy atom. The summed E-state index contributed by atoms with van der Waals surface area (Å²) < 4.78 is 11.3. The minimum absolute atomic E-state index is 0.00865. The predicted molar refractivity (Wildman–Crippen MR) is 112 cm³/mol. The molecule has 1 aromatic heterocycles. The molecule has 0 bridgehead atoms. The van der Waals surface area contributed by atoms with Gasteiger partial charge in [0.2, 0.25) is 12.7 Å². The number of fused-ring (bicyclic) bond motifs is 1. The van der Waals surface area contributed by atoms with Gasteiger partial charge >= 0.3 is 0 Å². The van der Waals surface area contributed by atoms with Crippen molar-refractivity contribution < 1.29 is 19.1 Å². The van der Waals surface area contributed by atoms with E-state index in [1.165, 1.54) is 23.1 Å². The van der Waals surface area contributed by atoms with Gasteiger partial charge in [0.25, 0.3) is 0 Å². The third kappa shape index (κ3) is 5.16. The number of carbonyl (C=O) groups excluding carboxylic acids is 2. The molecule has 2 heterocycles. The molecule has 1 amide bonds. The van der Waals surface area contributed by atoms with Gasteiger partial charge in [-0.25, -0.2) is 4.98 Å². The molecule has 0 saturated carbocycles. The number of nitrogens with one attached hydrogen (secondary N) is 1. The van der Waals surface area contributed by atoms with Crippen LogP contribution in [0.25, 0.3) is 0 Å². The molecule has 0 saturated heterocycles. The molecule has 3 aromatic rings. The second-order valence-electron chi connectivity index (χ2n) is 6.32. The van der Waals surface area contributed by atoms with Crippen LogP contribution in [0.5, 0.6) is 11.5 Å². The second-order valence-corrected chi connectivity index (χ2v) is 8.40. The number of carbonyl (C=O) groups is 2. The highest BCUT2D eigenvalue weighted by atomic mass is 32.2. The molecule has 6 nitrogen and oxygen atoms in total. The van der Waals surface area contributed by atoms with Crippen molar-refractivity contribution in [1.29, 1.82) is 0 Å². The second kappa shape index (κ2) is 9.11. The van der Waals surface area contributed by atoms with Gasteiger partial charge in [-0.2, -0.15) is 0 Å². The molecule has 0 atom stereocenters. The van der Waals surface area contributed by atoms with E-state index in [1.54, 1.807) is 18.2 Å². The van der Waals surface area contributed by atoms with Crippen molar-refractivity contribution in [3.05, 3.63) is 70.7 Å². The van der Waals surface area contributed by atoms with Gasteiger partial charge in [-0.05, 0) is 23.8 Å². The van der Waals surface area contributed by atoms with Gasteiger partial charge in [0, 0.05) is 17.5 Å². The Morgan fingerprint density at radius 1 is 1.10 bits per heavy atom. The van der Waals surface area contributed by atoms with E-state index in [-0.39, 0.29) is 30.7 Å². The third-order valence-electron chi connectivity index (χ3n) is 4.23. The number of benzene rings is 2. The zero-order valence-electron chi connectivity index (χ0n) is 15.4. The Balaban J connectivity index is 1.25. The third-order valence-corrected chi connectivity index (χ3v) is 6.30. The predicted octanol–water partition coefficient (Wildman–Crippen LogP) is 3.71. The Bertz CT molecular complexity index is 1020. The first-order valence-corrected chi connectivity index (χ1v) is 10.8. The minimum atomic E-state index is -0.0767. The van der Waals surface area contributed by atoms with Crippen LogP contribution in [0, 0.1) is 0 Å². The van der Waals surface area contributed by atoms with E-state index >= 15 is 0 Å². The van der Waals surface area contributed by atoms with Crippen molar-refractivity contribution in [2.45, 2.75) is 17.3 Å². The summed E-state index contributed by atoms with van der Waals surface area (Å²) in [6.07, 6.45) is 0.222. The van der Waals surface area contributed by atoms with E-state index in [0.717, 1.165) is 9.90 Å². The number of ketones is 1. The summed E-state index contributed by atoms with van der Waals surface area (Å²) in [7, 11) is 0. The van der Waals surface area contributed by atoms with Crippen LogP contribution < -0.4 is 14.8 Å². The summed E-state index contributed by atoms with van der Waals surface area (Å²) >= 11 is 2.81. The summed E-state index contributed by atoms with van der Waals surface area (Å²) in [6, 6.07) is 14.9. The lowest BCUT2D eigenvalue weighted by Gasteiger charge is -2.04. The molecular weight excluding hydrogens is 408 g/mol. The number of nitrogens with zero attached hydrogens (tertiary/aromatic N) is 1. The number of rotatable bonds is 8. The highest BCUT2D eigenvalue weighted by molar-refractivity contribution is 8.01. The van der Waals surface area contributed by atoms with E-state index in [1.807, 2.05) is 35.7 Å². The Hall–Kier alpha value is -2.84. The van der Waals surface area contributed by atoms with Crippen LogP contribution in [-0.2, 0) is 17.8 Å². The Morgan fingerprint density at radius 2 is 1.93 bits per heavy atom. The number of aromatic nitrogens is 1. The average molecular weight is 427 g/mol. The maximum Gasteiger partial charge on any atom is 0.231 e. The van der Waals surface area contributed by atoms with E-state index < -0.39 is 0 Å². The number of thioether (sulfide) groups is 1. The van der Waals surface area contributed by atoms with E-state index in [4.69, 9.17) is 9.47 Å². The standard InChI is InChI=1S/C21H18N2O4S2/c24-17(15-6-7-18-19(8-15)27-13-26-18)12-29-21-23-16(11-28-21)9-20(25)22-10-14-4-2-1-3-5-14/h1-8,11H,9-10,12-13H2,(H,22,25). The smallest absolute Gasteiger partial charge is 0.231 e. The molecular formula is C21H18N2O4S2. The lowest BCUT2D eigenvalue weighted by atomic mass is 10.1. The summed E-state index contributed by atoms with van der Waals surface area (Å²) in [5, 5.41) is 4.75. The number of Topliss-reactive ketones (excluding diaryl/α,β-unsaturated/α-hetero) is 1. The molecule has 0 radical (unpaired) electrons. The van der Waals surface area contributed by atoms with Gasteiger partial charge in [0.05, 0.1) is 17.9 Å². The van der Waals surface area contributed by atoms with Crippen LogP contribution in [-0.4, -0.2) is 29.2 Å². The molecule has 29 heavy (non-hydrogen) atoms. The zero-order chi connectivity index (χ0) is 20.1.